The topological polar surface area (TPSA) is 33.0 Å². The van der Waals surface area contributed by atoms with Crippen LogP contribution in [0.15, 0.2) is 0 Å². The molecule has 0 N–H and O–H groups in total. The zero-order valence-electron chi connectivity index (χ0n) is 8.96. The number of hydrogen-bond acceptors (Lipinski definition) is 2. The molecule has 0 bridgehead atoms. The lowest BCUT2D eigenvalue weighted by atomic mass is 9.64. The number of rotatable bonds is 3. The van der Waals surface area contributed by atoms with Crippen molar-refractivity contribution < 1.29 is 4.74 Å². The van der Waals surface area contributed by atoms with Crippen molar-refractivity contribution in [3.8, 4) is 6.07 Å². The molecule has 2 nitrogen and oxygen atoms in total. The Bertz CT molecular complexity index is 233. The molecule has 2 heteroatoms. The van der Waals surface area contributed by atoms with Gasteiger partial charge in [0.1, 0.15) is 0 Å². The van der Waals surface area contributed by atoms with Gasteiger partial charge in [-0.1, -0.05) is 19.8 Å². The van der Waals surface area contributed by atoms with Crippen molar-refractivity contribution in [2.75, 3.05) is 13.2 Å². The Morgan fingerprint density at radius 1 is 1.43 bits per heavy atom. The average Bonchev–Trinajstić information content (AvgIpc) is 2.63. The van der Waals surface area contributed by atoms with E-state index in [9.17, 15) is 5.26 Å². The van der Waals surface area contributed by atoms with Crippen LogP contribution in [0.5, 0.6) is 0 Å². The Kier molecular flexibility index (Phi) is 2.78. The van der Waals surface area contributed by atoms with Gasteiger partial charge in [0.2, 0.25) is 0 Å². The van der Waals surface area contributed by atoms with E-state index in [0.29, 0.717) is 0 Å². The van der Waals surface area contributed by atoms with Crippen molar-refractivity contribution in [1.82, 2.24) is 0 Å². The smallest absolute Gasteiger partial charge is 0.0663 e. The monoisotopic (exact) mass is 193 g/mol. The zero-order valence-corrected chi connectivity index (χ0v) is 8.96. The van der Waals surface area contributed by atoms with Gasteiger partial charge in [0.25, 0.3) is 0 Å². The molecule has 1 atom stereocenters. The van der Waals surface area contributed by atoms with E-state index in [4.69, 9.17) is 4.74 Å². The minimum absolute atomic E-state index is 0.222. The van der Waals surface area contributed by atoms with Gasteiger partial charge in [-0.05, 0) is 25.2 Å². The summed E-state index contributed by atoms with van der Waals surface area (Å²) in [5, 5.41) is 9.18. The Morgan fingerprint density at radius 2 is 2.07 bits per heavy atom. The van der Waals surface area contributed by atoms with Gasteiger partial charge in [-0.15, -0.1) is 0 Å². The number of hydrogen-bond donors (Lipinski definition) is 0. The van der Waals surface area contributed by atoms with Crippen molar-refractivity contribution >= 4 is 0 Å². The molecule has 1 aliphatic carbocycles. The van der Waals surface area contributed by atoms with E-state index in [2.05, 4.69) is 13.0 Å². The molecular weight excluding hydrogens is 174 g/mol. The minimum atomic E-state index is 0.222. The van der Waals surface area contributed by atoms with E-state index in [0.717, 1.165) is 25.6 Å². The molecule has 2 aliphatic rings. The predicted octanol–water partition coefficient (Wildman–Crippen LogP) is 2.74. The highest BCUT2D eigenvalue weighted by atomic mass is 16.5. The van der Waals surface area contributed by atoms with Crippen molar-refractivity contribution in [2.45, 2.75) is 39.0 Å². The molecule has 0 radical (unpaired) electrons. The summed E-state index contributed by atoms with van der Waals surface area (Å²) in [7, 11) is 0. The van der Waals surface area contributed by atoms with E-state index < -0.39 is 0 Å². The fourth-order valence-corrected chi connectivity index (χ4v) is 3.19. The van der Waals surface area contributed by atoms with Crippen LogP contribution in [-0.4, -0.2) is 13.2 Å². The third-order valence-corrected chi connectivity index (χ3v) is 4.17. The summed E-state index contributed by atoms with van der Waals surface area (Å²) in [4.78, 5) is 0. The van der Waals surface area contributed by atoms with Gasteiger partial charge in [0, 0.05) is 5.41 Å². The fraction of sp³-hybridized carbons (Fsp3) is 0.917. The molecule has 0 amide bonds. The van der Waals surface area contributed by atoms with Gasteiger partial charge in [-0.2, -0.15) is 5.26 Å². The first-order valence-corrected chi connectivity index (χ1v) is 5.81. The molecule has 2 rings (SSSR count). The van der Waals surface area contributed by atoms with Gasteiger partial charge in [-0.3, -0.25) is 0 Å². The first-order chi connectivity index (χ1) is 6.83. The summed E-state index contributed by atoms with van der Waals surface area (Å²) >= 11 is 0. The van der Waals surface area contributed by atoms with Gasteiger partial charge in [0.05, 0.1) is 25.2 Å². The van der Waals surface area contributed by atoms with Crippen LogP contribution < -0.4 is 0 Å². The normalized spacial score (nSPS) is 28.0. The quantitative estimate of drug-likeness (QED) is 0.690. The van der Waals surface area contributed by atoms with E-state index >= 15 is 0 Å². The molecule has 78 valence electrons. The summed E-state index contributed by atoms with van der Waals surface area (Å²) in [5.41, 5.74) is 0.236. The first-order valence-electron chi connectivity index (χ1n) is 5.81. The maximum atomic E-state index is 9.18. The minimum Gasteiger partial charge on any atom is -0.380 e. The third kappa shape index (κ3) is 1.35. The highest BCUT2D eigenvalue weighted by Gasteiger charge is 2.51. The Morgan fingerprint density at radius 3 is 2.43 bits per heavy atom. The van der Waals surface area contributed by atoms with Gasteiger partial charge in [-0.25, -0.2) is 0 Å². The second kappa shape index (κ2) is 3.90. The van der Waals surface area contributed by atoms with Gasteiger partial charge < -0.3 is 4.74 Å². The van der Waals surface area contributed by atoms with Crippen LogP contribution in [-0.2, 0) is 4.74 Å². The van der Waals surface area contributed by atoms with Gasteiger partial charge >= 0.3 is 0 Å². The maximum absolute atomic E-state index is 9.18. The molecule has 1 saturated heterocycles. The molecule has 2 fully saturated rings. The third-order valence-electron chi connectivity index (χ3n) is 4.17. The summed E-state index contributed by atoms with van der Waals surface area (Å²) < 4.78 is 5.38. The molecule has 1 heterocycles. The Labute approximate surface area is 86.2 Å². The van der Waals surface area contributed by atoms with Crippen LogP contribution in [0.4, 0.5) is 0 Å². The zero-order chi connectivity index (χ0) is 10.0. The van der Waals surface area contributed by atoms with Crippen LogP contribution in [0, 0.1) is 28.6 Å². The second-order valence-corrected chi connectivity index (χ2v) is 4.80. The largest absolute Gasteiger partial charge is 0.380 e. The molecule has 0 aromatic carbocycles. The fourth-order valence-electron chi connectivity index (χ4n) is 3.19. The van der Waals surface area contributed by atoms with E-state index in [1.165, 1.54) is 25.7 Å². The maximum Gasteiger partial charge on any atom is 0.0663 e. The molecule has 1 aliphatic heterocycles. The van der Waals surface area contributed by atoms with Crippen LogP contribution >= 0.6 is 0 Å². The van der Waals surface area contributed by atoms with Crippen molar-refractivity contribution in [3.63, 3.8) is 0 Å². The summed E-state index contributed by atoms with van der Waals surface area (Å²) in [5.74, 6) is 0.986. The highest BCUT2D eigenvalue weighted by Crippen LogP contribution is 2.50. The molecular formula is C12H19NO. The summed E-state index contributed by atoms with van der Waals surface area (Å²) in [6.45, 7) is 3.80. The van der Waals surface area contributed by atoms with E-state index in [-0.39, 0.29) is 11.3 Å². The molecule has 0 aromatic rings. The van der Waals surface area contributed by atoms with Crippen LogP contribution in [0.25, 0.3) is 0 Å². The van der Waals surface area contributed by atoms with Crippen molar-refractivity contribution in [1.29, 1.82) is 5.26 Å². The standard InChI is InChI=1S/C12H19NO/c1-2-10(7-13)12(8-14-9-12)11-5-3-4-6-11/h10-11H,2-6,8-9H2,1H3. The molecule has 14 heavy (non-hydrogen) atoms. The van der Waals surface area contributed by atoms with Crippen molar-refractivity contribution in [3.05, 3.63) is 0 Å². The number of nitrogens with zero attached hydrogens (tertiary/aromatic N) is 1. The molecule has 1 unspecified atom stereocenters. The second-order valence-electron chi connectivity index (χ2n) is 4.80. The predicted molar refractivity (Wildman–Crippen MR) is 54.6 cm³/mol. The lowest BCUT2D eigenvalue weighted by Gasteiger charge is -2.49. The lowest BCUT2D eigenvalue weighted by Crippen LogP contribution is -2.52. The molecule has 0 aromatic heterocycles. The van der Waals surface area contributed by atoms with Crippen molar-refractivity contribution in [2.24, 2.45) is 17.3 Å². The van der Waals surface area contributed by atoms with E-state index in [1.54, 1.807) is 0 Å². The summed E-state index contributed by atoms with van der Waals surface area (Å²) in [6.07, 6.45) is 6.34. The Hall–Kier alpha value is -0.550. The highest BCUT2D eigenvalue weighted by molar-refractivity contribution is 5.05. The average molecular weight is 193 g/mol. The van der Waals surface area contributed by atoms with E-state index in [1.807, 2.05) is 0 Å². The summed E-state index contributed by atoms with van der Waals surface area (Å²) in [6, 6.07) is 2.49. The Balaban J connectivity index is 2.12. The number of nitriles is 1. The number of ether oxygens (including phenoxy) is 1. The van der Waals surface area contributed by atoms with Crippen LogP contribution in [0.3, 0.4) is 0 Å². The molecule has 1 saturated carbocycles. The van der Waals surface area contributed by atoms with Gasteiger partial charge in [0.15, 0.2) is 0 Å². The first kappa shape index (κ1) is 9.98. The molecule has 0 spiro atoms. The lowest BCUT2D eigenvalue weighted by molar-refractivity contribution is -0.166. The SMILES string of the molecule is CCC(C#N)C1(C2CCCC2)COC1. The van der Waals surface area contributed by atoms with Crippen LogP contribution in [0.2, 0.25) is 0 Å². The van der Waals surface area contributed by atoms with Crippen LogP contribution in [0.1, 0.15) is 39.0 Å².